The van der Waals surface area contributed by atoms with E-state index in [2.05, 4.69) is 21.2 Å². The number of hydrogen-bond donors (Lipinski definition) is 1. The number of rotatable bonds is 12. The average molecular weight is 649 g/mol. The van der Waals surface area contributed by atoms with E-state index >= 15 is 0 Å². The SMILES string of the molecule is CCCCNC(=O)[C@@H](C)N(Cc1ccc(Br)cc1)C(=O)CN(c1ccc(Cl)cc1C)S(=O)(=O)c1ccc(C)cc1. The summed E-state index contributed by atoms with van der Waals surface area (Å²) in [5.41, 5.74) is 2.65. The van der Waals surface area contributed by atoms with Gasteiger partial charge in [0.05, 0.1) is 10.6 Å². The summed E-state index contributed by atoms with van der Waals surface area (Å²) in [4.78, 5) is 28.5. The first-order valence-corrected chi connectivity index (χ1v) is 15.7. The van der Waals surface area contributed by atoms with Crippen LogP contribution in [0.15, 0.2) is 76.1 Å². The summed E-state index contributed by atoms with van der Waals surface area (Å²) in [6.45, 7) is 7.43. The van der Waals surface area contributed by atoms with Gasteiger partial charge in [-0.25, -0.2) is 8.42 Å². The molecule has 0 aliphatic rings. The van der Waals surface area contributed by atoms with E-state index in [1.54, 1.807) is 44.2 Å². The average Bonchev–Trinajstić information content (AvgIpc) is 2.91. The second kappa shape index (κ2) is 14.1. The van der Waals surface area contributed by atoms with Gasteiger partial charge in [-0.1, -0.05) is 70.7 Å². The monoisotopic (exact) mass is 647 g/mol. The van der Waals surface area contributed by atoms with Crippen molar-refractivity contribution in [3.63, 3.8) is 0 Å². The fraction of sp³-hybridized carbons (Fsp3) is 0.333. The van der Waals surface area contributed by atoms with Gasteiger partial charge in [-0.2, -0.15) is 0 Å². The highest BCUT2D eigenvalue weighted by Gasteiger charge is 2.33. The number of halogens is 2. The number of benzene rings is 3. The van der Waals surface area contributed by atoms with E-state index < -0.39 is 28.5 Å². The Morgan fingerprint density at radius 1 is 1.00 bits per heavy atom. The van der Waals surface area contributed by atoms with Crippen LogP contribution in [0.3, 0.4) is 0 Å². The molecular formula is C30H35BrClN3O4S. The van der Waals surface area contributed by atoms with Crippen LogP contribution in [0.2, 0.25) is 5.02 Å². The van der Waals surface area contributed by atoms with Crippen LogP contribution in [0.5, 0.6) is 0 Å². The Kier molecular flexibility index (Phi) is 11.2. The molecule has 3 rings (SSSR count). The van der Waals surface area contributed by atoms with Crippen LogP contribution in [-0.2, 0) is 26.2 Å². The quantitative estimate of drug-likeness (QED) is 0.235. The number of unbranched alkanes of at least 4 members (excludes halogenated alkanes) is 1. The maximum atomic E-state index is 14.0. The van der Waals surface area contributed by atoms with Gasteiger partial charge in [-0.15, -0.1) is 0 Å². The van der Waals surface area contributed by atoms with Crippen molar-refractivity contribution in [1.82, 2.24) is 10.2 Å². The van der Waals surface area contributed by atoms with Gasteiger partial charge in [0.25, 0.3) is 10.0 Å². The van der Waals surface area contributed by atoms with Gasteiger partial charge in [-0.3, -0.25) is 13.9 Å². The third-order valence-corrected chi connectivity index (χ3v) is 9.12. The van der Waals surface area contributed by atoms with Crippen molar-refractivity contribution in [3.8, 4) is 0 Å². The Morgan fingerprint density at radius 3 is 2.25 bits per heavy atom. The van der Waals surface area contributed by atoms with Crippen molar-refractivity contribution in [2.45, 2.75) is 58.0 Å². The van der Waals surface area contributed by atoms with Gasteiger partial charge < -0.3 is 10.2 Å². The lowest BCUT2D eigenvalue weighted by Crippen LogP contribution is -2.51. The fourth-order valence-electron chi connectivity index (χ4n) is 4.15. The molecule has 0 radical (unpaired) electrons. The van der Waals surface area contributed by atoms with E-state index in [0.29, 0.717) is 22.8 Å². The normalized spacial score (nSPS) is 12.1. The van der Waals surface area contributed by atoms with Gasteiger partial charge in [0, 0.05) is 22.6 Å². The Morgan fingerprint density at radius 2 is 1.65 bits per heavy atom. The number of sulfonamides is 1. The van der Waals surface area contributed by atoms with Gasteiger partial charge in [0.15, 0.2) is 0 Å². The van der Waals surface area contributed by atoms with Crippen molar-refractivity contribution in [2.24, 2.45) is 0 Å². The van der Waals surface area contributed by atoms with Gasteiger partial charge in [-0.05, 0) is 80.8 Å². The molecule has 0 aliphatic heterocycles. The minimum absolute atomic E-state index is 0.0602. The molecule has 3 aromatic carbocycles. The van der Waals surface area contributed by atoms with Crippen molar-refractivity contribution in [2.75, 3.05) is 17.4 Å². The van der Waals surface area contributed by atoms with E-state index in [-0.39, 0.29) is 17.3 Å². The highest BCUT2D eigenvalue weighted by molar-refractivity contribution is 9.10. The lowest BCUT2D eigenvalue weighted by atomic mass is 10.1. The Hall–Kier alpha value is -2.88. The topological polar surface area (TPSA) is 86.8 Å². The van der Waals surface area contributed by atoms with E-state index in [1.807, 2.05) is 38.1 Å². The number of aryl methyl sites for hydroxylation is 2. The first kappa shape index (κ1) is 31.6. The predicted octanol–water partition coefficient (Wildman–Crippen LogP) is 6.25. The molecule has 3 aromatic rings. The zero-order chi connectivity index (χ0) is 29.4. The van der Waals surface area contributed by atoms with Crippen molar-refractivity contribution < 1.29 is 18.0 Å². The standard InChI is InChI=1S/C30H35BrClN3O4S/c1-5-6-17-33-30(37)23(4)34(19-24-9-11-25(31)12-10-24)29(36)20-35(28-16-13-26(32)18-22(28)3)40(38,39)27-14-7-21(2)8-15-27/h7-16,18,23H,5-6,17,19-20H2,1-4H3,(H,33,37)/t23-/m1/s1. The molecule has 7 nitrogen and oxygen atoms in total. The van der Waals surface area contributed by atoms with Crippen LogP contribution < -0.4 is 9.62 Å². The van der Waals surface area contributed by atoms with Crippen LogP contribution in [-0.4, -0.2) is 44.3 Å². The highest BCUT2D eigenvalue weighted by Crippen LogP contribution is 2.29. The molecule has 0 saturated heterocycles. The molecule has 2 amide bonds. The summed E-state index contributed by atoms with van der Waals surface area (Å²) in [7, 11) is -4.14. The van der Waals surface area contributed by atoms with E-state index in [9.17, 15) is 18.0 Å². The molecule has 0 spiro atoms. The lowest BCUT2D eigenvalue weighted by Gasteiger charge is -2.32. The second-order valence-electron chi connectivity index (χ2n) is 9.72. The molecule has 214 valence electrons. The smallest absolute Gasteiger partial charge is 0.264 e. The number of carbonyl (C=O) groups excluding carboxylic acids is 2. The molecule has 0 heterocycles. The molecule has 0 fully saturated rings. The fourth-order valence-corrected chi connectivity index (χ4v) is 6.12. The Balaban J connectivity index is 2.03. The van der Waals surface area contributed by atoms with Crippen molar-refractivity contribution in [1.29, 1.82) is 0 Å². The van der Waals surface area contributed by atoms with Gasteiger partial charge >= 0.3 is 0 Å². The summed E-state index contributed by atoms with van der Waals surface area (Å²) in [6.07, 6.45) is 1.74. The Bertz CT molecular complexity index is 1430. The summed E-state index contributed by atoms with van der Waals surface area (Å²) in [6, 6.07) is 17.9. The summed E-state index contributed by atoms with van der Waals surface area (Å²) < 4.78 is 29.9. The van der Waals surface area contributed by atoms with Crippen LogP contribution in [0.25, 0.3) is 0 Å². The zero-order valence-corrected chi connectivity index (χ0v) is 26.3. The summed E-state index contributed by atoms with van der Waals surface area (Å²) in [5.74, 6) is -0.805. The molecular weight excluding hydrogens is 614 g/mol. The molecule has 40 heavy (non-hydrogen) atoms. The lowest BCUT2D eigenvalue weighted by molar-refractivity contribution is -0.139. The second-order valence-corrected chi connectivity index (χ2v) is 12.9. The minimum Gasteiger partial charge on any atom is -0.354 e. The number of hydrogen-bond acceptors (Lipinski definition) is 4. The molecule has 1 atom stereocenters. The molecule has 0 unspecified atom stereocenters. The van der Waals surface area contributed by atoms with Crippen LogP contribution in [0.4, 0.5) is 5.69 Å². The number of amides is 2. The third kappa shape index (κ3) is 8.08. The predicted molar refractivity (Wildman–Crippen MR) is 164 cm³/mol. The molecule has 0 saturated carbocycles. The van der Waals surface area contributed by atoms with E-state index in [1.165, 1.54) is 17.0 Å². The molecule has 10 heteroatoms. The zero-order valence-electron chi connectivity index (χ0n) is 23.2. The summed E-state index contributed by atoms with van der Waals surface area (Å²) in [5, 5.41) is 3.34. The largest absolute Gasteiger partial charge is 0.354 e. The highest BCUT2D eigenvalue weighted by atomic mass is 79.9. The van der Waals surface area contributed by atoms with Crippen LogP contribution >= 0.6 is 27.5 Å². The number of carbonyl (C=O) groups is 2. The van der Waals surface area contributed by atoms with Crippen LogP contribution in [0.1, 0.15) is 43.4 Å². The van der Waals surface area contributed by atoms with Gasteiger partial charge in [0.2, 0.25) is 11.8 Å². The van der Waals surface area contributed by atoms with E-state index in [0.717, 1.165) is 32.7 Å². The number of anilines is 1. The maximum absolute atomic E-state index is 14.0. The molecule has 0 aromatic heterocycles. The van der Waals surface area contributed by atoms with E-state index in [4.69, 9.17) is 11.6 Å². The van der Waals surface area contributed by atoms with Crippen molar-refractivity contribution >= 4 is 55.1 Å². The Labute approximate surface area is 250 Å². The van der Waals surface area contributed by atoms with Crippen LogP contribution in [0, 0.1) is 13.8 Å². The minimum atomic E-state index is -4.14. The third-order valence-electron chi connectivity index (χ3n) is 6.58. The number of nitrogens with zero attached hydrogens (tertiary/aromatic N) is 2. The first-order chi connectivity index (χ1) is 18.9. The maximum Gasteiger partial charge on any atom is 0.264 e. The first-order valence-electron chi connectivity index (χ1n) is 13.1. The molecule has 1 N–H and O–H groups in total. The number of nitrogens with one attached hydrogen (secondary N) is 1. The van der Waals surface area contributed by atoms with Gasteiger partial charge in [0.1, 0.15) is 12.6 Å². The van der Waals surface area contributed by atoms with Crippen molar-refractivity contribution in [3.05, 3.63) is 92.9 Å². The summed E-state index contributed by atoms with van der Waals surface area (Å²) >= 11 is 9.58. The molecule has 0 bridgehead atoms. The molecule has 0 aliphatic carbocycles.